The molecule has 1 aromatic carbocycles. The second kappa shape index (κ2) is 7.24. The fraction of sp³-hybridized carbons (Fsp3) is 0.571. The monoisotopic (exact) mass is 252 g/mol. The molecule has 0 saturated heterocycles. The van der Waals surface area contributed by atoms with Gasteiger partial charge in [-0.1, -0.05) is 19.9 Å². The predicted molar refractivity (Wildman–Crippen MR) is 74.3 cm³/mol. The van der Waals surface area contributed by atoms with E-state index in [0.29, 0.717) is 0 Å². The van der Waals surface area contributed by atoms with Crippen LogP contribution >= 0.6 is 0 Å². The van der Waals surface area contributed by atoms with Crippen molar-refractivity contribution >= 4 is 0 Å². The van der Waals surface area contributed by atoms with Crippen molar-refractivity contribution in [1.29, 1.82) is 0 Å². The van der Waals surface area contributed by atoms with Crippen LogP contribution in [0.15, 0.2) is 18.2 Å². The van der Waals surface area contributed by atoms with Gasteiger partial charge >= 0.3 is 0 Å². The molecule has 0 saturated carbocycles. The topological polar surface area (TPSA) is 47.7 Å². The average molecular weight is 252 g/mol. The Hall–Kier alpha value is -1.26. The van der Waals surface area contributed by atoms with Crippen LogP contribution in [0, 0.1) is 0 Å². The first-order chi connectivity index (χ1) is 8.65. The van der Waals surface area contributed by atoms with Gasteiger partial charge in [-0.25, -0.2) is 0 Å². The van der Waals surface area contributed by atoms with Crippen molar-refractivity contribution in [2.75, 3.05) is 33.9 Å². The van der Waals surface area contributed by atoms with E-state index in [1.54, 1.807) is 14.2 Å². The summed E-state index contributed by atoms with van der Waals surface area (Å²) in [6.07, 6.45) is 0. The zero-order valence-corrected chi connectivity index (χ0v) is 11.8. The first-order valence-electron chi connectivity index (χ1n) is 6.36. The van der Waals surface area contributed by atoms with E-state index in [9.17, 15) is 0 Å². The van der Waals surface area contributed by atoms with E-state index < -0.39 is 0 Å². The zero-order valence-electron chi connectivity index (χ0n) is 11.8. The number of rotatable bonds is 7. The Labute approximate surface area is 110 Å². The summed E-state index contributed by atoms with van der Waals surface area (Å²) >= 11 is 0. The highest BCUT2D eigenvalue weighted by Gasteiger charge is 2.12. The molecule has 0 aliphatic carbocycles. The molecule has 102 valence electrons. The van der Waals surface area contributed by atoms with E-state index in [1.165, 1.54) is 0 Å². The highest BCUT2D eigenvalue weighted by atomic mass is 16.5. The molecular formula is C14H24N2O2. The van der Waals surface area contributed by atoms with E-state index >= 15 is 0 Å². The molecule has 0 bridgehead atoms. The molecule has 0 radical (unpaired) electrons. The fourth-order valence-electron chi connectivity index (χ4n) is 1.95. The minimum absolute atomic E-state index is 0.00953. The Kier molecular flexibility index (Phi) is 5.95. The number of hydrogen-bond acceptors (Lipinski definition) is 4. The molecule has 1 rings (SSSR count). The van der Waals surface area contributed by atoms with Gasteiger partial charge in [0, 0.05) is 12.6 Å². The molecule has 0 fully saturated rings. The van der Waals surface area contributed by atoms with E-state index in [0.717, 1.165) is 36.7 Å². The third-order valence-corrected chi connectivity index (χ3v) is 3.19. The van der Waals surface area contributed by atoms with Crippen LogP contribution in [0.1, 0.15) is 25.5 Å². The third-order valence-electron chi connectivity index (χ3n) is 3.19. The van der Waals surface area contributed by atoms with Crippen molar-refractivity contribution < 1.29 is 9.47 Å². The lowest BCUT2D eigenvalue weighted by atomic mass is 10.1. The standard InChI is InChI=1S/C14H24N2O2/c1-5-16(6-2)10-12(15)11-7-8-13(17-3)14(9-11)18-4/h7-9,12H,5-6,10,15H2,1-4H3. The predicted octanol–water partition coefficient (Wildman–Crippen LogP) is 2.05. The second-order valence-electron chi connectivity index (χ2n) is 4.21. The number of hydrogen-bond donors (Lipinski definition) is 1. The molecule has 0 aromatic heterocycles. The number of nitrogens with zero attached hydrogens (tertiary/aromatic N) is 1. The lowest BCUT2D eigenvalue weighted by Gasteiger charge is -2.23. The van der Waals surface area contributed by atoms with Crippen molar-refractivity contribution in [3.8, 4) is 11.5 Å². The summed E-state index contributed by atoms with van der Waals surface area (Å²) in [5, 5.41) is 0. The van der Waals surface area contributed by atoms with Crippen LogP contribution in [-0.4, -0.2) is 38.8 Å². The van der Waals surface area contributed by atoms with E-state index in [-0.39, 0.29) is 6.04 Å². The lowest BCUT2D eigenvalue weighted by Crippen LogP contribution is -2.31. The second-order valence-corrected chi connectivity index (χ2v) is 4.21. The van der Waals surface area contributed by atoms with Gasteiger partial charge in [0.15, 0.2) is 11.5 Å². The van der Waals surface area contributed by atoms with Crippen molar-refractivity contribution in [3.63, 3.8) is 0 Å². The van der Waals surface area contributed by atoms with Gasteiger partial charge in [-0.15, -0.1) is 0 Å². The zero-order chi connectivity index (χ0) is 13.5. The summed E-state index contributed by atoms with van der Waals surface area (Å²) in [5.41, 5.74) is 7.29. The molecule has 18 heavy (non-hydrogen) atoms. The molecule has 0 aliphatic rings. The van der Waals surface area contributed by atoms with Crippen LogP contribution in [0.5, 0.6) is 11.5 Å². The lowest BCUT2D eigenvalue weighted by molar-refractivity contribution is 0.284. The van der Waals surface area contributed by atoms with Crippen LogP contribution in [0.2, 0.25) is 0 Å². The van der Waals surface area contributed by atoms with Crippen LogP contribution in [0.3, 0.4) is 0 Å². The quantitative estimate of drug-likeness (QED) is 0.807. The van der Waals surface area contributed by atoms with Gasteiger partial charge in [0.25, 0.3) is 0 Å². The summed E-state index contributed by atoms with van der Waals surface area (Å²) in [6.45, 7) is 7.16. The Morgan fingerprint density at radius 3 is 2.22 bits per heavy atom. The first kappa shape index (κ1) is 14.8. The van der Waals surface area contributed by atoms with Gasteiger partial charge in [0.05, 0.1) is 14.2 Å². The SMILES string of the molecule is CCN(CC)CC(N)c1ccc(OC)c(OC)c1. The van der Waals surface area contributed by atoms with Crippen molar-refractivity contribution in [2.45, 2.75) is 19.9 Å². The first-order valence-corrected chi connectivity index (χ1v) is 6.36. The molecule has 2 N–H and O–H groups in total. The molecule has 1 atom stereocenters. The minimum atomic E-state index is -0.00953. The molecule has 1 aromatic rings. The number of methoxy groups -OCH3 is 2. The summed E-state index contributed by atoms with van der Waals surface area (Å²) in [6, 6.07) is 5.84. The maximum absolute atomic E-state index is 6.22. The molecular weight excluding hydrogens is 228 g/mol. The van der Waals surface area contributed by atoms with Gasteiger partial charge in [0.2, 0.25) is 0 Å². The Bertz CT molecular complexity index is 365. The Morgan fingerprint density at radius 2 is 1.72 bits per heavy atom. The van der Waals surface area contributed by atoms with Gasteiger partial charge in [-0.3, -0.25) is 0 Å². The molecule has 0 spiro atoms. The average Bonchev–Trinajstić information content (AvgIpc) is 2.43. The van der Waals surface area contributed by atoms with E-state index in [2.05, 4.69) is 18.7 Å². The molecule has 4 heteroatoms. The molecule has 4 nitrogen and oxygen atoms in total. The maximum Gasteiger partial charge on any atom is 0.161 e. The number of benzene rings is 1. The van der Waals surface area contributed by atoms with E-state index in [1.807, 2.05) is 18.2 Å². The largest absolute Gasteiger partial charge is 0.493 e. The highest BCUT2D eigenvalue weighted by Crippen LogP contribution is 2.29. The van der Waals surface area contributed by atoms with E-state index in [4.69, 9.17) is 15.2 Å². The van der Waals surface area contributed by atoms with Gasteiger partial charge in [-0.2, -0.15) is 0 Å². The van der Waals surface area contributed by atoms with Crippen LogP contribution in [0.25, 0.3) is 0 Å². The van der Waals surface area contributed by atoms with Crippen LogP contribution < -0.4 is 15.2 Å². The van der Waals surface area contributed by atoms with Crippen molar-refractivity contribution in [3.05, 3.63) is 23.8 Å². The van der Waals surface area contributed by atoms with Gasteiger partial charge in [-0.05, 0) is 30.8 Å². The number of nitrogens with two attached hydrogens (primary N) is 1. The summed E-state index contributed by atoms with van der Waals surface area (Å²) in [5.74, 6) is 1.46. The molecule has 1 unspecified atom stereocenters. The number of ether oxygens (including phenoxy) is 2. The van der Waals surface area contributed by atoms with Crippen molar-refractivity contribution in [2.24, 2.45) is 5.73 Å². The van der Waals surface area contributed by atoms with Gasteiger partial charge < -0.3 is 20.1 Å². The third kappa shape index (κ3) is 3.62. The molecule has 0 amide bonds. The Morgan fingerprint density at radius 1 is 1.11 bits per heavy atom. The molecule has 0 heterocycles. The summed E-state index contributed by atoms with van der Waals surface area (Å²) < 4.78 is 10.5. The minimum Gasteiger partial charge on any atom is -0.493 e. The number of likely N-dealkylation sites (N-methyl/N-ethyl adjacent to an activating group) is 1. The van der Waals surface area contributed by atoms with Crippen molar-refractivity contribution in [1.82, 2.24) is 4.90 Å². The fourth-order valence-corrected chi connectivity index (χ4v) is 1.95. The summed E-state index contributed by atoms with van der Waals surface area (Å²) in [7, 11) is 3.27. The van der Waals surface area contributed by atoms with Crippen LogP contribution in [-0.2, 0) is 0 Å². The Balaban J connectivity index is 2.82. The molecule has 0 aliphatic heterocycles. The van der Waals surface area contributed by atoms with Gasteiger partial charge in [0.1, 0.15) is 0 Å². The summed E-state index contributed by atoms with van der Waals surface area (Å²) in [4.78, 5) is 2.31. The smallest absolute Gasteiger partial charge is 0.161 e. The highest BCUT2D eigenvalue weighted by molar-refractivity contribution is 5.43. The maximum atomic E-state index is 6.22. The van der Waals surface area contributed by atoms with Crippen LogP contribution in [0.4, 0.5) is 0 Å². The normalized spacial score (nSPS) is 12.6.